The van der Waals surface area contributed by atoms with Crippen molar-refractivity contribution in [2.75, 3.05) is 33.9 Å². The van der Waals surface area contributed by atoms with E-state index in [1.807, 2.05) is 12.1 Å². The summed E-state index contributed by atoms with van der Waals surface area (Å²) in [4.78, 5) is 0. The van der Waals surface area contributed by atoms with Gasteiger partial charge in [0.2, 0.25) is 0 Å². The summed E-state index contributed by atoms with van der Waals surface area (Å²) < 4.78 is 10.3. The smallest absolute Gasteiger partial charge is 0.119 e. The summed E-state index contributed by atoms with van der Waals surface area (Å²) in [6.07, 6.45) is 1.02. The summed E-state index contributed by atoms with van der Waals surface area (Å²) in [5.41, 5.74) is 1.30. The van der Waals surface area contributed by atoms with Crippen LogP contribution in [0.2, 0.25) is 0 Å². The van der Waals surface area contributed by atoms with Gasteiger partial charge in [-0.3, -0.25) is 0 Å². The Bertz CT molecular complexity index is 315. The van der Waals surface area contributed by atoms with E-state index in [-0.39, 0.29) is 0 Å². The van der Waals surface area contributed by atoms with Gasteiger partial charge in [0.1, 0.15) is 5.75 Å². The average molecular weight is 237 g/mol. The molecular formula is C14H23NO2. The molecule has 0 fully saturated rings. The fraction of sp³-hybridized carbons (Fsp3) is 0.571. The van der Waals surface area contributed by atoms with Crippen LogP contribution >= 0.6 is 0 Å². The van der Waals surface area contributed by atoms with Crippen molar-refractivity contribution in [1.82, 2.24) is 5.32 Å². The van der Waals surface area contributed by atoms with E-state index in [1.54, 1.807) is 14.2 Å². The Kier molecular flexibility index (Phi) is 6.67. The molecule has 0 aliphatic rings. The molecule has 17 heavy (non-hydrogen) atoms. The molecule has 0 radical (unpaired) electrons. The van der Waals surface area contributed by atoms with E-state index in [0.717, 1.165) is 31.9 Å². The zero-order chi connectivity index (χ0) is 12.5. The minimum Gasteiger partial charge on any atom is -0.497 e. The third kappa shape index (κ3) is 5.71. The lowest BCUT2D eigenvalue weighted by Crippen LogP contribution is -2.25. The number of methoxy groups -OCH3 is 2. The summed E-state index contributed by atoms with van der Waals surface area (Å²) in [5.74, 6) is 1.49. The van der Waals surface area contributed by atoms with E-state index in [1.165, 1.54) is 5.56 Å². The summed E-state index contributed by atoms with van der Waals surface area (Å²) in [7, 11) is 3.44. The summed E-state index contributed by atoms with van der Waals surface area (Å²) in [6, 6.07) is 8.21. The highest BCUT2D eigenvalue weighted by Gasteiger charge is 2.00. The number of benzene rings is 1. The molecule has 1 aromatic carbocycles. The molecule has 0 heterocycles. The van der Waals surface area contributed by atoms with Crippen LogP contribution in [0.4, 0.5) is 0 Å². The van der Waals surface area contributed by atoms with E-state index in [2.05, 4.69) is 24.4 Å². The minimum absolute atomic E-state index is 0.560. The number of rotatable bonds is 8. The number of nitrogens with one attached hydrogen (secondary N) is 1. The molecule has 0 aromatic heterocycles. The van der Waals surface area contributed by atoms with Gasteiger partial charge in [-0.2, -0.15) is 0 Å². The van der Waals surface area contributed by atoms with Gasteiger partial charge >= 0.3 is 0 Å². The van der Waals surface area contributed by atoms with Crippen LogP contribution in [0, 0.1) is 5.92 Å². The Morgan fingerprint density at radius 1 is 1.29 bits per heavy atom. The maximum Gasteiger partial charge on any atom is 0.119 e. The summed E-state index contributed by atoms with van der Waals surface area (Å²) in [5, 5.41) is 3.44. The van der Waals surface area contributed by atoms with Gasteiger partial charge < -0.3 is 14.8 Å². The van der Waals surface area contributed by atoms with Crippen molar-refractivity contribution in [1.29, 1.82) is 0 Å². The Labute approximate surface area is 104 Å². The van der Waals surface area contributed by atoms with Gasteiger partial charge in [-0.05, 0) is 43.1 Å². The van der Waals surface area contributed by atoms with E-state index >= 15 is 0 Å². The first kappa shape index (κ1) is 14.0. The first-order valence-electron chi connectivity index (χ1n) is 6.09. The van der Waals surface area contributed by atoms with Gasteiger partial charge in [0.05, 0.1) is 7.11 Å². The van der Waals surface area contributed by atoms with Gasteiger partial charge in [0, 0.05) is 13.7 Å². The second kappa shape index (κ2) is 8.09. The lowest BCUT2D eigenvalue weighted by atomic mass is 10.1. The van der Waals surface area contributed by atoms with E-state index in [4.69, 9.17) is 9.47 Å². The lowest BCUT2D eigenvalue weighted by Gasteiger charge is -2.11. The maximum atomic E-state index is 5.19. The van der Waals surface area contributed by atoms with E-state index < -0.39 is 0 Å². The van der Waals surface area contributed by atoms with Gasteiger partial charge in [-0.1, -0.05) is 19.1 Å². The van der Waals surface area contributed by atoms with Crippen LogP contribution in [0.5, 0.6) is 5.75 Å². The molecule has 0 bridgehead atoms. The number of hydrogen-bond acceptors (Lipinski definition) is 3. The highest BCUT2D eigenvalue weighted by molar-refractivity contribution is 5.28. The third-order valence-corrected chi connectivity index (χ3v) is 2.67. The molecule has 3 heteroatoms. The van der Waals surface area contributed by atoms with Crippen LogP contribution < -0.4 is 10.1 Å². The van der Waals surface area contributed by atoms with Crippen LogP contribution in [-0.2, 0) is 11.2 Å². The zero-order valence-electron chi connectivity index (χ0n) is 11.0. The standard InChI is InChI=1S/C14H23NO2/c1-12(11-16-2)10-15-8-7-13-5-4-6-14(9-13)17-3/h4-6,9,12,15H,7-8,10-11H2,1-3H3. The third-order valence-electron chi connectivity index (χ3n) is 2.67. The fourth-order valence-corrected chi connectivity index (χ4v) is 1.75. The molecule has 1 N–H and O–H groups in total. The topological polar surface area (TPSA) is 30.5 Å². The molecule has 1 aromatic rings. The van der Waals surface area contributed by atoms with Crippen LogP contribution in [0.1, 0.15) is 12.5 Å². The lowest BCUT2D eigenvalue weighted by molar-refractivity contribution is 0.158. The molecule has 0 aliphatic heterocycles. The highest BCUT2D eigenvalue weighted by Crippen LogP contribution is 2.12. The molecular weight excluding hydrogens is 214 g/mol. The average Bonchev–Trinajstić information content (AvgIpc) is 2.35. The van der Waals surface area contributed by atoms with Gasteiger partial charge in [-0.15, -0.1) is 0 Å². The van der Waals surface area contributed by atoms with Crippen molar-refractivity contribution in [3.63, 3.8) is 0 Å². The monoisotopic (exact) mass is 237 g/mol. The van der Waals surface area contributed by atoms with Crippen molar-refractivity contribution in [3.05, 3.63) is 29.8 Å². The van der Waals surface area contributed by atoms with Crippen molar-refractivity contribution >= 4 is 0 Å². The molecule has 1 unspecified atom stereocenters. The normalized spacial score (nSPS) is 12.4. The molecule has 0 aliphatic carbocycles. The number of hydrogen-bond donors (Lipinski definition) is 1. The second-order valence-corrected chi connectivity index (χ2v) is 4.37. The molecule has 0 spiro atoms. The Morgan fingerprint density at radius 2 is 2.12 bits per heavy atom. The molecule has 0 saturated heterocycles. The van der Waals surface area contributed by atoms with Crippen LogP contribution in [0.25, 0.3) is 0 Å². The molecule has 0 amide bonds. The van der Waals surface area contributed by atoms with Gasteiger partial charge in [0.15, 0.2) is 0 Å². The van der Waals surface area contributed by atoms with Crippen LogP contribution in [0.15, 0.2) is 24.3 Å². The molecule has 96 valence electrons. The fourth-order valence-electron chi connectivity index (χ4n) is 1.75. The quantitative estimate of drug-likeness (QED) is 0.702. The minimum atomic E-state index is 0.560. The van der Waals surface area contributed by atoms with Crippen LogP contribution in [0.3, 0.4) is 0 Å². The predicted octanol–water partition coefficient (Wildman–Crippen LogP) is 2.11. The summed E-state index contributed by atoms with van der Waals surface area (Å²) >= 11 is 0. The largest absolute Gasteiger partial charge is 0.497 e. The first-order valence-corrected chi connectivity index (χ1v) is 6.09. The van der Waals surface area contributed by atoms with E-state index in [9.17, 15) is 0 Å². The molecule has 0 saturated carbocycles. The second-order valence-electron chi connectivity index (χ2n) is 4.37. The van der Waals surface area contributed by atoms with Crippen molar-refractivity contribution in [2.24, 2.45) is 5.92 Å². The number of ether oxygens (including phenoxy) is 2. The molecule has 3 nitrogen and oxygen atoms in total. The maximum absolute atomic E-state index is 5.19. The predicted molar refractivity (Wildman–Crippen MR) is 70.6 cm³/mol. The summed E-state index contributed by atoms with van der Waals surface area (Å²) in [6.45, 7) is 4.98. The van der Waals surface area contributed by atoms with Gasteiger partial charge in [0.25, 0.3) is 0 Å². The van der Waals surface area contributed by atoms with Gasteiger partial charge in [-0.25, -0.2) is 0 Å². The van der Waals surface area contributed by atoms with Crippen molar-refractivity contribution < 1.29 is 9.47 Å². The first-order chi connectivity index (χ1) is 8.26. The Balaban J connectivity index is 2.21. The zero-order valence-corrected chi connectivity index (χ0v) is 11.0. The highest BCUT2D eigenvalue weighted by atomic mass is 16.5. The molecule has 1 rings (SSSR count). The van der Waals surface area contributed by atoms with Crippen molar-refractivity contribution in [2.45, 2.75) is 13.3 Å². The SMILES string of the molecule is COCC(C)CNCCc1cccc(OC)c1. The van der Waals surface area contributed by atoms with Crippen molar-refractivity contribution in [3.8, 4) is 5.75 Å². The van der Waals surface area contributed by atoms with Crippen LogP contribution in [-0.4, -0.2) is 33.9 Å². The molecule has 1 atom stereocenters. The Hall–Kier alpha value is -1.06. The Morgan fingerprint density at radius 3 is 2.82 bits per heavy atom. The van der Waals surface area contributed by atoms with E-state index in [0.29, 0.717) is 5.92 Å².